The van der Waals surface area contributed by atoms with Gasteiger partial charge in [0.05, 0.1) is 17.0 Å². The molecule has 20 heavy (non-hydrogen) atoms. The highest BCUT2D eigenvalue weighted by molar-refractivity contribution is 6.20. The van der Waals surface area contributed by atoms with E-state index in [0.717, 1.165) is 6.42 Å². The molecule has 1 aliphatic carbocycles. The van der Waals surface area contributed by atoms with E-state index in [4.69, 9.17) is 4.84 Å². The first kappa shape index (κ1) is 12.8. The van der Waals surface area contributed by atoms with Crippen molar-refractivity contribution >= 4 is 17.8 Å². The Kier molecular flexibility index (Phi) is 2.85. The van der Waals surface area contributed by atoms with Crippen molar-refractivity contribution < 1.29 is 19.2 Å². The van der Waals surface area contributed by atoms with Crippen LogP contribution in [0.2, 0.25) is 0 Å². The summed E-state index contributed by atoms with van der Waals surface area (Å²) in [7, 11) is 0. The number of rotatable bonds is 3. The number of hydroxylamine groups is 2. The fraction of sp³-hybridized carbons (Fsp3) is 0.400. The van der Waals surface area contributed by atoms with Crippen molar-refractivity contribution in [3.05, 3.63) is 35.4 Å². The summed E-state index contributed by atoms with van der Waals surface area (Å²) >= 11 is 0. The maximum atomic E-state index is 12.0. The number of nitrogens with zero attached hydrogens (tertiary/aromatic N) is 1. The minimum absolute atomic E-state index is 0.195. The fourth-order valence-corrected chi connectivity index (χ4v) is 2.63. The molecule has 0 bridgehead atoms. The van der Waals surface area contributed by atoms with Gasteiger partial charge in [-0.2, -0.15) is 0 Å². The summed E-state index contributed by atoms with van der Waals surface area (Å²) in [4.78, 5) is 41.0. The monoisotopic (exact) mass is 273 g/mol. The van der Waals surface area contributed by atoms with Gasteiger partial charge in [0.25, 0.3) is 11.8 Å². The number of hydrogen-bond donors (Lipinski definition) is 0. The van der Waals surface area contributed by atoms with Crippen LogP contribution in [0.25, 0.3) is 0 Å². The summed E-state index contributed by atoms with van der Waals surface area (Å²) in [5, 5.41) is 0.586. The normalized spacial score (nSPS) is 24.1. The fourth-order valence-electron chi connectivity index (χ4n) is 2.63. The molecule has 0 N–H and O–H groups in total. The van der Waals surface area contributed by atoms with E-state index in [1.54, 1.807) is 24.3 Å². The first-order chi connectivity index (χ1) is 9.50. The molecule has 104 valence electrons. The quantitative estimate of drug-likeness (QED) is 0.790. The zero-order valence-corrected chi connectivity index (χ0v) is 11.3. The number of fused-ring (bicyclic) bond motifs is 1. The molecule has 1 fully saturated rings. The van der Waals surface area contributed by atoms with Crippen molar-refractivity contribution in [2.75, 3.05) is 0 Å². The lowest BCUT2D eigenvalue weighted by Crippen LogP contribution is -2.33. The third kappa shape index (κ3) is 1.90. The van der Waals surface area contributed by atoms with Crippen LogP contribution in [0.3, 0.4) is 0 Å². The molecule has 0 spiro atoms. The van der Waals surface area contributed by atoms with Crippen LogP contribution in [-0.2, 0) is 9.63 Å². The maximum Gasteiger partial charge on any atom is 0.336 e. The Bertz CT molecular complexity index is 573. The van der Waals surface area contributed by atoms with Gasteiger partial charge in [-0.05, 0) is 30.4 Å². The molecule has 0 saturated heterocycles. The van der Waals surface area contributed by atoms with Gasteiger partial charge in [-0.1, -0.05) is 31.0 Å². The zero-order valence-electron chi connectivity index (χ0n) is 11.3. The van der Waals surface area contributed by atoms with Crippen molar-refractivity contribution in [1.29, 1.82) is 0 Å². The third-order valence-corrected chi connectivity index (χ3v) is 3.94. The van der Waals surface area contributed by atoms with E-state index < -0.39 is 17.8 Å². The van der Waals surface area contributed by atoms with Crippen LogP contribution in [0.5, 0.6) is 0 Å². The first-order valence-electron chi connectivity index (χ1n) is 6.70. The van der Waals surface area contributed by atoms with Gasteiger partial charge in [-0.25, -0.2) is 4.79 Å². The maximum absolute atomic E-state index is 12.0. The van der Waals surface area contributed by atoms with Gasteiger partial charge in [-0.3, -0.25) is 9.59 Å². The Morgan fingerprint density at radius 2 is 1.75 bits per heavy atom. The van der Waals surface area contributed by atoms with Crippen molar-refractivity contribution in [3.8, 4) is 0 Å². The molecule has 1 aromatic rings. The molecular weight excluding hydrogens is 258 g/mol. The average Bonchev–Trinajstić information content (AvgIpc) is 3.20. The highest BCUT2D eigenvalue weighted by Crippen LogP contribution is 2.45. The Morgan fingerprint density at radius 3 is 2.20 bits per heavy atom. The predicted molar refractivity (Wildman–Crippen MR) is 69.5 cm³/mol. The summed E-state index contributed by atoms with van der Waals surface area (Å²) in [5.74, 6) is -1.13. The van der Waals surface area contributed by atoms with Crippen LogP contribution in [0.4, 0.5) is 0 Å². The minimum Gasteiger partial charge on any atom is -0.329 e. The van der Waals surface area contributed by atoms with E-state index in [0.29, 0.717) is 11.0 Å². The largest absolute Gasteiger partial charge is 0.336 e. The van der Waals surface area contributed by atoms with Crippen LogP contribution in [0, 0.1) is 17.8 Å². The number of amides is 2. The van der Waals surface area contributed by atoms with Crippen molar-refractivity contribution in [2.45, 2.75) is 20.3 Å². The second-order valence-corrected chi connectivity index (χ2v) is 5.61. The van der Waals surface area contributed by atoms with Gasteiger partial charge < -0.3 is 4.84 Å². The Balaban J connectivity index is 1.73. The van der Waals surface area contributed by atoms with E-state index in [1.807, 2.05) is 13.8 Å². The molecular formula is C15H15NO4. The van der Waals surface area contributed by atoms with Crippen molar-refractivity contribution in [2.24, 2.45) is 17.8 Å². The Morgan fingerprint density at radius 1 is 1.20 bits per heavy atom. The Labute approximate surface area is 116 Å². The van der Waals surface area contributed by atoms with Crippen molar-refractivity contribution in [3.63, 3.8) is 0 Å². The van der Waals surface area contributed by atoms with Crippen LogP contribution < -0.4 is 0 Å². The molecule has 2 atom stereocenters. The number of carbonyl (C=O) groups is 3. The number of benzene rings is 1. The molecule has 2 amide bonds. The molecule has 3 rings (SSSR count). The highest BCUT2D eigenvalue weighted by Gasteiger charge is 2.48. The summed E-state index contributed by atoms with van der Waals surface area (Å²) < 4.78 is 0. The molecule has 2 aliphatic rings. The van der Waals surface area contributed by atoms with E-state index in [-0.39, 0.29) is 23.0 Å². The summed E-state index contributed by atoms with van der Waals surface area (Å²) in [6, 6.07) is 6.45. The molecule has 5 heteroatoms. The van der Waals surface area contributed by atoms with Crippen LogP contribution >= 0.6 is 0 Å². The van der Waals surface area contributed by atoms with Gasteiger partial charge in [0, 0.05) is 0 Å². The number of carbonyl (C=O) groups excluding carboxylic acids is 3. The summed E-state index contributed by atoms with van der Waals surface area (Å²) in [6.45, 7) is 4.08. The van der Waals surface area contributed by atoms with E-state index >= 15 is 0 Å². The number of imide groups is 1. The molecule has 1 aliphatic heterocycles. The van der Waals surface area contributed by atoms with Crippen molar-refractivity contribution in [1.82, 2.24) is 5.06 Å². The SMILES string of the molecule is CC(C)[C@H]1C[C@@H]1C(=O)ON1C(=O)c2ccccc2C1=O. The minimum atomic E-state index is -0.569. The molecule has 0 radical (unpaired) electrons. The van der Waals surface area contributed by atoms with Gasteiger partial charge in [-0.15, -0.1) is 0 Å². The molecule has 5 nitrogen and oxygen atoms in total. The van der Waals surface area contributed by atoms with E-state index in [2.05, 4.69) is 0 Å². The predicted octanol–water partition coefficient (Wildman–Crippen LogP) is 2.03. The van der Waals surface area contributed by atoms with Gasteiger partial charge in [0.15, 0.2) is 0 Å². The van der Waals surface area contributed by atoms with Crippen LogP contribution in [0.1, 0.15) is 41.0 Å². The molecule has 0 aromatic heterocycles. The average molecular weight is 273 g/mol. The standard InChI is InChI=1S/C15H15NO4/c1-8(2)11-7-12(11)15(19)20-16-13(17)9-5-3-4-6-10(9)14(16)18/h3-6,8,11-12H,7H2,1-2H3/t11-,12+/m1/s1. The second kappa shape index (κ2) is 4.44. The molecule has 1 aromatic carbocycles. The summed E-state index contributed by atoms with van der Waals surface area (Å²) in [5.41, 5.74) is 0.558. The molecule has 1 saturated carbocycles. The van der Waals surface area contributed by atoms with Gasteiger partial charge in [0.2, 0.25) is 0 Å². The topological polar surface area (TPSA) is 63.7 Å². The second-order valence-electron chi connectivity index (χ2n) is 5.61. The van der Waals surface area contributed by atoms with Crippen LogP contribution in [-0.4, -0.2) is 22.8 Å². The molecule has 0 unspecified atom stereocenters. The number of hydrogen-bond acceptors (Lipinski definition) is 4. The lowest BCUT2D eigenvalue weighted by atomic mass is 10.1. The van der Waals surface area contributed by atoms with E-state index in [1.165, 1.54) is 0 Å². The first-order valence-corrected chi connectivity index (χ1v) is 6.70. The van der Waals surface area contributed by atoms with Gasteiger partial charge >= 0.3 is 5.97 Å². The lowest BCUT2D eigenvalue weighted by molar-refractivity contribution is -0.170. The lowest BCUT2D eigenvalue weighted by Gasteiger charge is -2.12. The van der Waals surface area contributed by atoms with E-state index in [9.17, 15) is 14.4 Å². The van der Waals surface area contributed by atoms with Gasteiger partial charge in [0.1, 0.15) is 0 Å². The smallest absolute Gasteiger partial charge is 0.329 e. The zero-order chi connectivity index (χ0) is 14.4. The highest BCUT2D eigenvalue weighted by atomic mass is 16.7. The molecule has 1 heterocycles. The van der Waals surface area contributed by atoms with Crippen LogP contribution in [0.15, 0.2) is 24.3 Å². The Hall–Kier alpha value is -2.17. The summed E-state index contributed by atoms with van der Waals surface area (Å²) in [6.07, 6.45) is 0.764. The third-order valence-electron chi connectivity index (χ3n) is 3.94.